The molecule has 1 N–H and O–H groups in total. The first kappa shape index (κ1) is 26.3. The van der Waals surface area contributed by atoms with Gasteiger partial charge >= 0.3 is 5.97 Å². The summed E-state index contributed by atoms with van der Waals surface area (Å²) in [6.45, 7) is 11.6. The molecule has 7 heteroatoms. The highest BCUT2D eigenvalue weighted by Gasteiger charge is 2.35. The number of carboxylic acids is 1. The van der Waals surface area contributed by atoms with Crippen molar-refractivity contribution < 1.29 is 19.5 Å². The van der Waals surface area contributed by atoms with E-state index in [1.165, 1.54) is 0 Å². The number of thiophene rings is 1. The molecule has 0 radical (unpaired) electrons. The summed E-state index contributed by atoms with van der Waals surface area (Å²) in [4.78, 5) is 43.1. The van der Waals surface area contributed by atoms with Crippen LogP contribution in [0.5, 0.6) is 0 Å². The second-order valence-electron chi connectivity index (χ2n) is 10.9. The van der Waals surface area contributed by atoms with Crippen molar-refractivity contribution in [1.29, 1.82) is 0 Å². The van der Waals surface area contributed by atoms with E-state index < -0.39 is 12.0 Å². The van der Waals surface area contributed by atoms with Gasteiger partial charge in [-0.1, -0.05) is 18.8 Å². The monoisotopic (exact) mass is 486 g/mol. The van der Waals surface area contributed by atoms with Gasteiger partial charge < -0.3 is 14.9 Å². The standard InChI is InChI=1S/C27H38N2O4S/c1-18-8-10-20(11-9-18)25(31)29(19(2)16-23(30)28-14-6-7-15-28)22-17-21(12-13-27(3,4)5)34-24(22)26(32)33/h17-20H,6-11,14-16H2,1-5H3,(H,32,33)/t18-,19-,20-/m1/s1. The average Bonchev–Trinajstić information content (AvgIpc) is 3.43. The van der Waals surface area contributed by atoms with Crippen LogP contribution in [0.2, 0.25) is 0 Å². The Kier molecular flexibility index (Phi) is 8.46. The Bertz CT molecular complexity index is 967. The summed E-state index contributed by atoms with van der Waals surface area (Å²) in [6, 6.07) is 1.30. The van der Waals surface area contributed by atoms with E-state index in [0.29, 0.717) is 16.5 Å². The molecule has 1 aliphatic carbocycles. The van der Waals surface area contributed by atoms with Gasteiger partial charge in [0.1, 0.15) is 4.88 Å². The number of anilines is 1. The molecule has 0 bridgehead atoms. The minimum Gasteiger partial charge on any atom is -0.477 e. The zero-order chi connectivity index (χ0) is 25.0. The molecule has 2 amide bonds. The highest BCUT2D eigenvalue weighted by Crippen LogP contribution is 2.37. The van der Waals surface area contributed by atoms with Crippen LogP contribution in [0.1, 0.15) is 94.1 Å². The number of aromatic carboxylic acids is 1. The quantitative estimate of drug-likeness (QED) is 0.546. The van der Waals surface area contributed by atoms with E-state index in [1.807, 2.05) is 32.6 Å². The predicted octanol–water partition coefficient (Wildman–Crippen LogP) is 5.40. The van der Waals surface area contributed by atoms with E-state index in [-0.39, 0.29) is 34.4 Å². The second-order valence-corrected chi connectivity index (χ2v) is 12.0. The lowest BCUT2D eigenvalue weighted by Crippen LogP contribution is -2.46. The van der Waals surface area contributed by atoms with Crippen molar-refractivity contribution in [3.05, 3.63) is 15.8 Å². The maximum absolute atomic E-state index is 13.8. The third-order valence-corrected chi connectivity index (χ3v) is 7.73. The largest absolute Gasteiger partial charge is 0.477 e. The zero-order valence-corrected chi connectivity index (χ0v) is 22.0. The van der Waals surface area contributed by atoms with Crippen molar-refractivity contribution >= 4 is 34.8 Å². The average molecular weight is 487 g/mol. The Morgan fingerprint density at radius 1 is 1.18 bits per heavy atom. The third-order valence-electron chi connectivity index (χ3n) is 6.70. The zero-order valence-electron chi connectivity index (χ0n) is 21.1. The maximum Gasteiger partial charge on any atom is 0.348 e. The number of hydrogen-bond donors (Lipinski definition) is 1. The van der Waals surface area contributed by atoms with E-state index in [0.717, 1.165) is 63.0 Å². The van der Waals surface area contributed by atoms with Gasteiger partial charge in [0.05, 0.1) is 10.6 Å². The smallest absolute Gasteiger partial charge is 0.348 e. The van der Waals surface area contributed by atoms with Gasteiger partial charge in [0.25, 0.3) is 0 Å². The van der Waals surface area contributed by atoms with Crippen LogP contribution in [0.15, 0.2) is 6.07 Å². The third kappa shape index (κ3) is 6.63. The fraction of sp³-hybridized carbons (Fsp3) is 0.667. The number of carbonyl (C=O) groups is 3. The molecular weight excluding hydrogens is 448 g/mol. The van der Waals surface area contributed by atoms with Gasteiger partial charge in [-0.25, -0.2) is 4.79 Å². The molecule has 2 aliphatic rings. The molecule has 34 heavy (non-hydrogen) atoms. The summed E-state index contributed by atoms with van der Waals surface area (Å²) >= 11 is 1.10. The van der Waals surface area contributed by atoms with E-state index in [2.05, 4.69) is 18.8 Å². The van der Waals surface area contributed by atoms with Crippen LogP contribution in [0.4, 0.5) is 5.69 Å². The molecule has 0 spiro atoms. The number of hydrogen-bond acceptors (Lipinski definition) is 4. The van der Waals surface area contributed by atoms with Crippen molar-refractivity contribution in [2.24, 2.45) is 17.3 Å². The van der Waals surface area contributed by atoms with E-state index in [9.17, 15) is 19.5 Å². The molecular formula is C27H38N2O4S. The molecule has 2 fully saturated rings. The molecule has 1 aromatic rings. The Morgan fingerprint density at radius 3 is 2.35 bits per heavy atom. The molecule has 0 unspecified atom stereocenters. The van der Waals surface area contributed by atoms with E-state index in [1.54, 1.807) is 11.0 Å². The Labute approximate surface area is 207 Å². The molecule has 1 saturated heterocycles. The van der Waals surface area contributed by atoms with E-state index in [4.69, 9.17) is 0 Å². The molecule has 1 atom stereocenters. The Balaban J connectivity index is 1.97. The minimum absolute atomic E-state index is 0.0277. The van der Waals surface area contributed by atoms with Gasteiger partial charge in [0.2, 0.25) is 11.8 Å². The predicted molar refractivity (Wildman–Crippen MR) is 136 cm³/mol. The van der Waals surface area contributed by atoms with Crippen molar-refractivity contribution in [2.45, 2.75) is 85.6 Å². The summed E-state index contributed by atoms with van der Waals surface area (Å²) in [5.74, 6) is 5.59. The number of likely N-dealkylation sites (tertiary alicyclic amines) is 1. The van der Waals surface area contributed by atoms with E-state index >= 15 is 0 Å². The van der Waals surface area contributed by atoms with Gasteiger partial charge in [-0.05, 0) is 78.2 Å². The second kappa shape index (κ2) is 10.9. The SMILES string of the molecule is C[C@H](CC(=O)N1CCCC1)N(c1cc(C#CC(C)(C)C)sc1C(=O)O)C(=O)[C@H]1CC[C@H](C)CC1. The summed E-state index contributed by atoms with van der Waals surface area (Å²) in [5, 5.41) is 9.97. The minimum atomic E-state index is -1.07. The highest BCUT2D eigenvalue weighted by molar-refractivity contribution is 7.15. The van der Waals surface area contributed by atoms with Gasteiger partial charge in [-0.15, -0.1) is 11.3 Å². The van der Waals surface area contributed by atoms with Crippen LogP contribution >= 0.6 is 11.3 Å². The van der Waals surface area contributed by atoms with Crippen LogP contribution in [0.25, 0.3) is 0 Å². The normalized spacial score (nSPS) is 21.5. The van der Waals surface area contributed by atoms with Gasteiger partial charge in [-0.2, -0.15) is 0 Å². The van der Waals surface area contributed by atoms with Gasteiger partial charge in [0, 0.05) is 36.9 Å². The summed E-state index contributed by atoms with van der Waals surface area (Å²) in [7, 11) is 0. The molecule has 1 saturated carbocycles. The Hall–Kier alpha value is -2.33. The van der Waals surface area contributed by atoms with Crippen LogP contribution in [-0.4, -0.2) is 46.9 Å². The van der Waals surface area contributed by atoms with Crippen molar-refractivity contribution in [2.75, 3.05) is 18.0 Å². The molecule has 186 valence electrons. The lowest BCUT2D eigenvalue weighted by Gasteiger charge is -2.35. The highest BCUT2D eigenvalue weighted by atomic mass is 32.1. The number of carboxylic acid groups (broad SMARTS) is 1. The lowest BCUT2D eigenvalue weighted by molar-refractivity contribution is -0.130. The van der Waals surface area contributed by atoms with Crippen LogP contribution < -0.4 is 4.90 Å². The molecule has 0 aromatic carbocycles. The van der Waals surface area contributed by atoms with Gasteiger partial charge in [-0.3, -0.25) is 9.59 Å². The number of amides is 2. The molecule has 1 aromatic heterocycles. The molecule has 6 nitrogen and oxygen atoms in total. The topological polar surface area (TPSA) is 77.9 Å². The van der Waals surface area contributed by atoms with Crippen molar-refractivity contribution in [3.8, 4) is 11.8 Å². The first-order valence-corrected chi connectivity index (χ1v) is 13.3. The fourth-order valence-electron chi connectivity index (χ4n) is 4.74. The lowest BCUT2D eigenvalue weighted by atomic mass is 9.82. The number of rotatable bonds is 6. The maximum atomic E-state index is 13.8. The first-order valence-electron chi connectivity index (χ1n) is 12.5. The van der Waals surface area contributed by atoms with Crippen molar-refractivity contribution in [3.63, 3.8) is 0 Å². The molecule has 2 heterocycles. The first-order chi connectivity index (χ1) is 16.0. The van der Waals surface area contributed by atoms with Crippen LogP contribution in [-0.2, 0) is 9.59 Å². The molecule has 3 rings (SSSR count). The summed E-state index contributed by atoms with van der Waals surface area (Å²) < 4.78 is 0. The number of carbonyl (C=O) groups excluding carboxylic acids is 2. The van der Waals surface area contributed by atoms with Gasteiger partial charge in [0.15, 0.2) is 0 Å². The summed E-state index contributed by atoms with van der Waals surface area (Å²) in [5.41, 5.74) is 0.151. The van der Waals surface area contributed by atoms with Crippen molar-refractivity contribution in [1.82, 2.24) is 4.90 Å². The van der Waals surface area contributed by atoms with Crippen LogP contribution in [0, 0.1) is 29.1 Å². The number of nitrogens with zero attached hydrogens (tertiary/aromatic N) is 2. The Morgan fingerprint density at radius 2 is 1.79 bits per heavy atom. The fourth-order valence-corrected chi connectivity index (χ4v) is 5.58. The summed E-state index contributed by atoms with van der Waals surface area (Å²) in [6.07, 6.45) is 5.77. The van der Waals surface area contributed by atoms with Crippen LogP contribution in [0.3, 0.4) is 0 Å². The molecule has 1 aliphatic heterocycles.